The van der Waals surface area contributed by atoms with Gasteiger partial charge in [0.25, 0.3) is 17.4 Å². The fourth-order valence-electron chi connectivity index (χ4n) is 4.74. The summed E-state index contributed by atoms with van der Waals surface area (Å²) >= 11 is 2.68. The highest BCUT2D eigenvalue weighted by molar-refractivity contribution is 7.10. The lowest BCUT2D eigenvalue weighted by Gasteiger charge is -2.24. The number of thiophene rings is 1. The molecular weight excluding hydrogens is 530 g/mol. The Labute approximate surface area is 231 Å². The summed E-state index contributed by atoms with van der Waals surface area (Å²) in [4.78, 5) is 46.7. The molecule has 0 unspecified atom stereocenters. The number of rotatable bonds is 5. The van der Waals surface area contributed by atoms with Gasteiger partial charge in [-0.05, 0) is 55.6 Å². The van der Waals surface area contributed by atoms with Crippen LogP contribution in [0.2, 0.25) is 0 Å². The van der Waals surface area contributed by atoms with E-state index in [-0.39, 0.29) is 17.4 Å². The molecule has 10 heteroatoms. The van der Waals surface area contributed by atoms with E-state index in [1.54, 1.807) is 24.5 Å². The van der Waals surface area contributed by atoms with Gasteiger partial charge in [0.15, 0.2) is 4.80 Å². The van der Waals surface area contributed by atoms with Crippen LogP contribution in [0.3, 0.4) is 0 Å². The first-order chi connectivity index (χ1) is 18.9. The van der Waals surface area contributed by atoms with Crippen molar-refractivity contribution in [3.63, 3.8) is 0 Å². The summed E-state index contributed by atoms with van der Waals surface area (Å²) in [5, 5.41) is 10.7. The summed E-state index contributed by atoms with van der Waals surface area (Å²) in [6.07, 6.45) is 1.67. The fraction of sp³-hybridized carbons (Fsp3) is 0.138. The van der Waals surface area contributed by atoms with Gasteiger partial charge < -0.3 is 5.32 Å². The molecule has 6 rings (SSSR count). The summed E-state index contributed by atoms with van der Waals surface area (Å²) in [5.41, 5.74) is 2.58. The van der Waals surface area contributed by atoms with Crippen molar-refractivity contribution in [2.45, 2.75) is 19.9 Å². The summed E-state index contributed by atoms with van der Waals surface area (Å²) in [6.45, 7) is 3.57. The quantitative estimate of drug-likeness (QED) is 0.406. The van der Waals surface area contributed by atoms with Gasteiger partial charge in [-0.15, -0.1) is 11.3 Å². The number of hydrogen-bond donors (Lipinski definition) is 1. The van der Waals surface area contributed by atoms with E-state index in [4.69, 9.17) is 0 Å². The number of nitrogens with one attached hydrogen (secondary N) is 1. The second kappa shape index (κ2) is 10.0. The van der Waals surface area contributed by atoms with Crippen LogP contribution in [0.15, 0.2) is 104 Å². The first-order valence-corrected chi connectivity index (χ1v) is 14.0. The van der Waals surface area contributed by atoms with Gasteiger partial charge >= 0.3 is 0 Å². The lowest BCUT2D eigenvalue weighted by molar-refractivity contribution is -0.118. The molecule has 2 aromatic carbocycles. The zero-order valence-corrected chi connectivity index (χ0v) is 22.7. The number of thiazole rings is 1. The molecule has 0 spiro atoms. The van der Waals surface area contributed by atoms with Gasteiger partial charge in [-0.3, -0.25) is 19.0 Å². The molecular formula is C29H23N5O3S2. The minimum Gasteiger partial charge on any atom is -0.322 e. The molecule has 8 nitrogen and oxygen atoms in total. The molecule has 2 atom stereocenters. The number of fused-ring (bicyclic) bond motifs is 1. The Morgan fingerprint density at radius 2 is 1.69 bits per heavy atom. The average Bonchev–Trinajstić information content (AvgIpc) is 3.65. The van der Waals surface area contributed by atoms with E-state index >= 15 is 0 Å². The third-order valence-corrected chi connectivity index (χ3v) is 8.54. The second-order valence-electron chi connectivity index (χ2n) is 9.14. The lowest BCUT2D eigenvalue weighted by atomic mass is 10.0. The highest BCUT2D eigenvalue weighted by Crippen LogP contribution is 2.33. The normalized spacial score (nSPS) is 19.1. The van der Waals surface area contributed by atoms with Gasteiger partial charge in [-0.1, -0.05) is 53.8 Å². The molecule has 194 valence electrons. The first-order valence-electron chi connectivity index (χ1n) is 12.3. The first kappa shape index (κ1) is 24.9. The Balaban J connectivity index is 1.42. The highest BCUT2D eigenvalue weighted by Gasteiger charge is 2.35. The van der Waals surface area contributed by atoms with Gasteiger partial charge in [0.1, 0.15) is 12.0 Å². The van der Waals surface area contributed by atoms with Crippen molar-refractivity contribution in [1.29, 1.82) is 0 Å². The lowest BCUT2D eigenvalue weighted by Crippen LogP contribution is -2.40. The van der Waals surface area contributed by atoms with E-state index in [0.717, 1.165) is 4.88 Å². The number of para-hydroxylation sites is 2. The highest BCUT2D eigenvalue weighted by atomic mass is 32.1. The Morgan fingerprint density at radius 1 is 0.974 bits per heavy atom. The third-order valence-electron chi connectivity index (χ3n) is 6.61. The van der Waals surface area contributed by atoms with Crippen LogP contribution in [0, 0.1) is 5.92 Å². The Kier molecular flexibility index (Phi) is 6.41. The van der Waals surface area contributed by atoms with Gasteiger partial charge in [0, 0.05) is 10.6 Å². The van der Waals surface area contributed by atoms with Crippen molar-refractivity contribution in [1.82, 2.24) is 4.57 Å². The number of benzene rings is 2. The van der Waals surface area contributed by atoms with Crippen molar-refractivity contribution in [3.05, 3.63) is 114 Å². The monoisotopic (exact) mass is 553 g/mol. The van der Waals surface area contributed by atoms with Crippen LogP contribution in [0.1, 0.15) is 24.8 Å². The smallest absolute Gasteiger partial charge is 0.270 e. The Bertz CT molecular complexity index is 1820. The predicted octanol–water partition coefficient (Wildman–Crippen LogP) is 3.93. The number of amides is 2. The molecule has 0 aliphatic carbocycles. The Hall–Kier alpha value is -4.41. The predicted molar refractivity (Wildman–Crippen MR) is 155 cm³/mol. The largest absolute Gasteiger partial charge is 0.322 e. The maximum absolute atomic E-state index is 13.9. The van der Waals surface area contributed by atoms with Crippen LogP contribution >= 0.6 is 22.7 Å². The molecule has 2 amide bonds. The van der Waals surface area contributed by atoms with Crippen molar-refractivity contribution in [3.8, 4) is 0 Å². The molecule has 2 aliphatic rings. The molecule has 0 fully saturated rings. The number of aromatic nitrogens is 1. The topological polar surface area (TPSA) is 96.1 Å². The van der Waals surface area contributed by atoms with Crippen molar-refractivity contribution < 1.29 is 9.59 Å². The number of anilines is 2. The molecule has 0 saturated heterocycles. The van der Waals surface area contributed by atoms with Gasteiger partial charge in [0.05, 0.1) is 27.2 Å². The molecule has 0 saturated carbocycles. The van der Waals surface area contributed by atoms with E-state index < -0.39 is 12.0 Å². The number of carbonyl (C=O) groups is 2. The number of hydrogen-bond acceptors (Lipinski definition) is 7. The summed E-state index contributed by atoms with van der Waals surface area (Å²) in [5.74, 6) is -1.21. The molecule has 0 bridgehead atoms. The summed E-state index contributed by atoms with van der Waals surface area (Å²) in [7, 11) is 0. The van der Waals surface area contributed by atoms with E-state index in [1.165, 1.54) is 27.7 Å². The number of nitrogens with zero attached hydrogens (tertiary/aromatic N) is 4. The van der Waals surface area contributed by atoms with E-state index in [9.17, 15) is 14.4 Å². The van der Waals surface area contributed by atoms with Crippen LogP contribution in [0.5, 0.6) is 0 Å². The van der Waals surface area contributed by atoms with E-state index in [2.05, 4.69) is 15.4 Å². The second-order valence-corrected chi connectivity index (χ2v) is 11.1. The van der Waals surface area contributed by atoms with E-state index in [0.29, 0.717) is 37.7 Å². The average molecular weight is 554 g/mol. The minimum atomic E-state index is -0.672. The van der Waals surface area contributed by atoms with Gasteiger partial charge in [0.2, 0.25) is 0 Å². The molecule has 4 heterocycles. The van der Waals surface area contributed by atoms with Crippen LogP contribution < -0.4 is 25.2 Å². The molecule has 2 aliphatic heterocycles. The third kappa shape index (κ3) is 4.47. The zero-order chi connectivity index (χ0) is 27.1. The standard InChI is InChI=1S/C29H23N5O3S2/c1-17-21(27(36)34(32-17)20-12-7-4-8-13-20)16-23-28(37)33-25(22-14-9-15-38-22)24(18(2)30-29(33)39-23)26(35)31-19-10-5-3-6-11-19/h3-16,21,25H,1-2H3,(H,31,35)/b23-16+/t21-,25+/m0/s1. The fourth-order valence-corrected chi connectivity index (χ4v) is 6.62. The minimum absolute atomic E-state index is 0.224. The molecule has 1 N–H and O–H groups in total. The van der Waals surface area contributed by atoms with Crippen LogP contribution in [-0.2, 0) is 9.59 Å². The molecule has 0 radical (unpaired) electrons. The summed E-state index contributed by atoms with van der Waals surface area (Å²) < 4.78 is 1.95. The summed E-state index contributed by atoms with van der Waals surface area (Å²) in [6, 6.07) is 21.6. The van der Waals surface area contributed by atoms with Crippen molar-refractivity contribution in [2.24, 2.45) is 16.0 Å². The van der Waals surface area contributed by atoms with Crippen molar-refractivity contribution in [2.75, 3.05) is 10.3 Å². The molecule has 2 aromatic heterocycles. The van der Waals surface area contributed by atoms with Gasteiger partial charge in [-0.2, -0.15) is 10.1 Å². The van der Waals surface area contributed by atoms with Crippen LogP contribution in [-0.4, -0.2) is 22.1 Å². The van der Waals surface area contributed by atoms with Crippen molar-refractivity contribution >= 4 is 57.7 Å². The SMILES string of the molecule is CC1=NN(c2ccccc2)C(=O)[C@H]1/C=c1/sc2n(c1=O)[C@H](c1cccs1)C(C(=O)Nc1ccccc1)=C(C)N=2. The van der Waals surface area contributed by atoms with Crippen LogP contribution in [0.25, 0.3) is 6.08 Å². The maximum Gasteiger partial charge on any atom is 0.270 e. The Morgan fingerprint density at radius 3 is 2.38 bits per heavy atom. The number of hydrazone groups is 1. The van der Waals surface area contributed by atoms with Gasteiger partial charge in [-0.25, -0.2) is 4.99 Å². The zero-order valence-electron chi connectivity index (χ0n) is 21.1. The van der Waals surface area contributed by atoms with E-state index in [1.807, 2.05) is 78.2 Å². The molecule has 39 heavy (non-hydrogen) atoms. The maximum atomic E-state index is 13.9. The number of allylic oxidation sites excluding steroid dienone is 1. The van der Waals surface area contributed by atoms with Crippen LogP contribution in [0.4, 0.5) is 11.4 Å². The molecule has 4 aromatic rings. The number of carbonyl (C=O) groups excluding carboxylic acids is 2.